The predicted molar refractivity (Wildman–Crippen MR) is 105 cm³/mol. The van der Waals surface area contributed by atoms with Crippen molar-refractivity contribution in [3.8, 4) is 0 Å². The lowest BCUT2D eigenvalue weighted by atomic mass is 10.1. The van der Waals surface area contributed by atoms with E-state index in [0.29, 0.717) is 0 Å². The van der Waals surface area contributed by atoms with E-state index in [1.807, 2.05) is 7.05 Å². The van der Waals surface area contributed by atoms with Gasteiger partial charge in [0.15, 0.2) is 5.96 Å². The van der Waals surface area contributed by atoms with Crippen molar-refractivity contribution in [1.82, 2.24) is 20.0 Å². The van der Waals surface area contributed by atoms with E-state index in [1.54, 1.807) is 0 Å². The largest absolute Gasteiger partial charge is 0.355 e. The van der Waals surface area contributed by atoms with Gasteiger partial charge in [-0.05, 0) is 38.3 Å². The van der Waals surface area contributed by atoms with E-state index < -0.39 is 0 Å². The molecule has 3 aliphatic rings. The van der Waals surface area contributed by atoms with Crippen LogP contribution in [-0.4, -0.2) is 98.1 Å². The molecule has 5 nitrogen and oxygen atoms in total. The van der Waals surface area contributed by atoms with E-state index in [9.17, 15) is 0 Å². The molecule has 3 heterocycles. The van der Waals surface area contributed by atoms with Gasteiger partial charge < -0.3 is 15.1 Å². The number of nitrogens with zero attached hydrogens (tertiary/aromatic N) is 4. The molecule has 0 radical (unpaired) electrons. The molecule has 1 atom stereocenters. The topological polar surface area (TPSA) is 34.1 Å². The summed E-state index contributed by atoms with van der Waals surface area (Å²) in [4.78, 5) is 12.3. The molecule has 0 spiro atoms. The molecule has 3 fully saturated rings. The molecule has 1 N–H and O–H groups in total. The van der Waals surface area contributed by atoms with Gasteiger partial charge in [-0.1, -0.05) is 6.42 Å². The van der Waals surface area contributed by atoms with Gasteiger partial charge in [0.25, 0.3) is 0 Å². The molecule has 1 unspecified atom stereocenters. The van der Waals surface area contributed by atoms with Gasteiger partial charge in [-0.15, -0.1) is 0 Å². The Labute approximate surface area is 152 Å². The molecule has 0 aromatic rings. The third kappa shape index (κ3) is 5.53. The lowest BCUT2D eigenvalue weighted by Crippen LogP contribution is -2.45. The minimum absolute atomic E-state index is 0.820. The maximum absolute atomic E-state index is 4.53. The molecule has 6 heteroatoms. The molecule has 0 saturated carbocycles. The van der Waals surface area contributed by atoms with Gasteiger partial charge in [-0.3, -0.25) is 9.89 Å². The predicted octanol–water partition coefficient (Wildman–Crippen LogP) is 1.42. The average molecular weight is 354 g/mol. The summed E-state index contributed by atoms with van der Waals surface area (Å²) in [7, 11) is 1.93. The third-order valence-electron chi connectivity index (χ3n) is 5.58. The molecule has 0 aliphatic carbocycles. The fraction of sp³-hybridized carbons (Fsp3) is 0.944. The minimum atomic E-state index is 0.820. The lowest BCUT2D eigenvalue weighted by molar-refractivity contribution is 0.198. The minimum Gasteiger partial charge on any atom is -0.355 e. The highest BCUT2D eigenvalue weighted by molar-refractivity contribution is 7.99. The first-order chi connectivity index (χ1) is 11.8. The number of rotatable bonds is 5. The number of likely N-dealkylation sites (tertiary alicyclic amines) is 2. The van der Waals surface area contributed by atoms with Gasteiger partial charge in [0.05, 0.1) is 0 Å². The normalized spacial score (nSPS) is 27.6. The van der Waals surface area contributed by atoms with Crippen LogP contribution in [-0.2, 0) is 0 Å². The van der Waals surface area contributed by atoms with Crippen LogP contribution in [0.2, 0.25) is 0 Å². The van der Waals surface area contributed by atoms with Crippen LogP contribution >= 0.6 is 11.8 Å². The van der Waals surface area contributed by atoms with Crippen LogP contribution in [0.1, 0.15) is 25.7 Å². The van der Waals surface area contributed by atoms with Crippen LogP contribution < -0.4 is 5.32 Å². The van der Waals surface area contributed by atoms with E-state index in [4.69, 9.17) is 0 Å². The van der Waals surface area contributed by atoms with Gasteiger partial charge >= 0.3 is 0 Å². The molecule has 0 bridgehead atoms. The monoisotopic (exact) mass is 353 g/mol. The third-order valence-corrected chi connectivity index (χ3v) is 6.52. The summed E-state index contributed by atoms with van der Waals surface area (Å²) in [6, 6.07) is 0. The summed E-state index contributed by atoms with van der Waals surface area (Å²) in [5.41, 5.74) is 0. The molecule has 0 aromatic carbocycles. The lowest BCUT2D eigenvalue weighted by Gasteiger charge is -2.29. The molecule has 138 valence electrons. The number of guanidine groups is 1. The Kier molecular flexibility index (Phi) is 7.55. The number of thioether (sulfide) groups is 1. The van der Waals surface area contributed by atoms with Crippen molar-refractivity contribution in [2.75, 3.05) is 77.5 Å². The number of nitrogens with one attached hydrogen (secondary N) is 1. The fourth-order valence-electron chi connectivity index (χ4n) is 4.16. The van der Waals surface area contributed by atoms with Crippen molar-refractivity contribution in [1.29, 1.82) is 0 Å². The Bertz CT molecular complexity index is 391. The van der Waals surface area contributed by atoms with Crippen LogP contribution in [0.3, 0.4) is 0 Å². The molecule has 3 saturated heterocycles. The van der Waals surface area contributed by atoms with Crippen LogP contribution in [0, 0.1) is 5.92 Å². The van der Waals surface area contributed by atoms with Gasteiger partial charge in [-0.25, -0.2) is 0 Å². The number of piperidine rings is 1. The summed E-state index contributed by atoms with van der Waals surface area (Å²) in [6.45, 7) is 10.9. The maximum Gasteiger partial charge on any atom is 0.193 e. The number of hydrogen-bond acceptors (Lipinski definition) is 4. The quantitative estimate of drug-likeness (QED) is 0.597. The zero-order valence-electron chi connectivity index (χ0n) is 15.4. The van der Waals surface area contributed by atoms with Crippen LogP contribution in [0.4, 0.5) is 0 Å². The summed E-state index contributed by atoms with van der Waals surface area (Å²) < 4.78 is 0. The van der Waals surface area contributed by atoms with Gasteiger partial charge in [0.1, 0.15) is 0 Å². The van der Waals surface area contributed by atoms with Crippen molar-refractivity contribution in [2.24, 2.45) is 10.9 Å². The Morgan fingerprint density at radius 1 is 1.04 bits per heavy atom. The second kappa shape index (κ2) is 9.88. The highest BCUT2D eigenvalue weighted by Gasteiger charge is 2.26. The van der Waals surface area contributed by atoms with Crippen molar-refractivity contribution < 1.29 is 0 Å². The first kappa shape index (κ1) is 18.3. The van der Waals surface area contributed by atoms with E-state index in [-0.39, 0.29) is 0 Å². The second-order valence-corrected chi connectivity index (χ2v) is 8.61. The zero-order chi connectivity index (χ0) is 16.6. The smallest absolute Gasteiger partial charge is 0.193 e. The van der Waals surface area contributed by atoms with Crippen molar-refractivity contribution in [2.45, 2.75) is 25.7 Å². The molecule has 0 aromatic heterocycles. The van der Waals surface area contributed by atoms with Crippen LogP contribution in [0.5, 0.6) is 0 Å². The van der Waals surface area contributed by atoms with Crippen molar-refractivity contribution >= 4 is 17.7 Å². The van der Waals surface area contributed by atoms with E-state index >= 15 is 0 Å². The Hall–Kier alpha value is -0.460. The molecular weight excluding hydrogens is 318 g/mol. The molecule has 3 rings (SSSR count). The second-order valence-electron chi connectivity index (χ2n) is 7.39. The zero-order valence-corrected chi connectivity index (χ0v) is 16.2. The van der Waals surface area contributed by atoms with E-state index in [1.165, 1.54) is 83.0 Å². The van der Waals surface area contributed by atoms with E-state index in [0.717, 1.165) is 25.0 Å². The summed E-state index contributed by atoms with van der Waals surface area (Å²) in [5.74, 6) is 4.52. The summed E-state index contributed by atoms with van der Waals surface area (Å²) >= 11 is 2.08. The fourth-order valence-corrected chi connectivity index (χ4v) is 5.14. The molecular formula is C18H35N5S. The number of hydrogen-bond donors (Lipinski definition) is 1. The first-order valence-corrected chi connectivity index (χ1v) is 11.0. The van der Waals surface area contributed by atoms with Gasteiger partial charge in [0, 0.05) is 64.4 Å². The van der Waals surface area contributed by atoms with E-state index in [2.05, 4.69) is 36.8 Å². The van der Waals surface area contributed by atoms with Gasteiger partial charge in [0.2, 0.25) is 0 Å². The van der Waals surface area contributed by atoms with Crippen molar-refractivity contribution in [3.05, 3.63) is 0 Å². The van der Waals surface area contributed by atoms with Crippen molar-refractivity contribution in [3.63, 3.8) is 0 Å². The van der Waals surface area contributed by atoms with Crippen LogP contribution in [0.25, 0.3) is 0 Å². The van der Waals surface area contributed by atoms with Crippen LogP contribution in [0.15, 0.2) is 4.99 Å². The SMILES string of the molecule is CN=C(NCCN1CCSCC1)N1CCC(CN2CCCCC2)C1. The highest BCUT2D eigenvalue weighted by atomic mass is 32.2. The summed E-state index contributed by atoms with van der Waals surface area (Å²) in [5, 5.41) is 3.60. The Balaban J connectivity index is 1.36. The molecule has 24 heavy (non-hydrogen) atoms. The molecule has 3 aliphatic heterocycles. The average Bonchev–Trinajstić information content (AvgIpc) is 3.09. The number of aliphatic imine (C=N–C) groups is 1. The standard InChI is InChI=1S/C18H35N5S/c1-19-18(20-6-10-21-11-13-24-14-12-21)23-9-5-17(16-23)15-22-7-3-2-4-8-22/h17H,2-16H2,1H3,(H,19,20). The molecule has 0 amide bonds. The first-order valence-electron chi connectivity index (χ1n) is 9.83. The Morgan fingerprint density at radius 2 is 1.83 bits per heavy atom. The highest BCUT2D eigenvalue weighted by Crippen LogP contribution is 2.19. The Morgan fingerprint density at radius 3 is 2.58 bits per heavy atom. The van der Waals surface area contributed by atoms with Gasteiger partial charge in [-0.2, -0.15) is 11.8 Å². The maximum atomic E-state index is 4.53. The summed E-state index contributed by atoms with van der Waals surface area (Å²) in [6.07, 6.45) is 5.55.